The second-order valence-corrected chi connectivity index (χ2v) is 10.8. The van der Waals surface area contributed by atoms with Gasteiger partial charge in [-0.1, -0.05) is 36.6 Å². The van der Waals surface area contributed by atoms with E-state index in [9.17, 15) is 18.0 Å². The third kappa shape index (κ3) is 5.23. The van der Waals surface area contributed by atoms with E-state index in [1.165, 1.54) is 22.5 Å². The average Bonchev–Trinajstić information content (AvgIpc) is 3.23. The molecule has 0 aliphatic carbocycles. The maximum Gasteiger partial charge on any atom is 0.257 e. The van der Waals surface area contributed by atoms with Crippen LogP contribution >= 0.6 is 11.6 Å². The van der Waals surface area contributed by atoms with Crippen molar-refractivity contribution in [3.63, 3.8) is 0 Å². The highest BCUT2D eigenvalue weighted by atomic mass is 35.5. The number of nitrogens with zero attached hydrogens (tertiary/aromatic N) is 2. The Morgan fingerprint density at radius 2 is 1.45 bits per heavy atom. The zero-order valence-corrected chi connectivity index (χ0v) is 20.0. The number of hydrogen-bond acceptors (Lipinski definition) is 4. The molecule has 176 valence electrons. The Hall–Kier alpha value is -2.42. The second kappa shape index (κ2) is 10.2. The SMILES string of the molecule is O=C(Nc1ccccc1C(=O)N1CCCCCC1)c1cc(S(=O)(=O)N2CCCC2)ccc1Cl. The number of nitrogens with one attached hydrogen (secondary N) is 1. The summed E-state index contributed by atoms with van der Waals surface area (Å²) in [6, 6.07) is 11.0. The van der Waals surface area contributed by atoms with Gasteiger partial charge in [0.15, 0.2) is 0 Å². The molecule has 0 radical (unpaired) electrons. The molecule has 0 aromatic heterocycles. The Balaban J connectivity index is 1.58. The number of anilines is 1. The number of benzene rings is 2. The smallest absolute Gasteiger partial charge is 0.257 e. The fraction of sp³-hybridized carbons (Fsp3) is 0.417. The van der Waals surface area contributed by atoms with Crippen LogP contribution in [0.2, 0.25) is 5.02 Å². The molecule has 0 unspecified atom stereocenters. The molecule has 2 aromatic rings. The molecule has 0 saturated carbocycles. The second-order valence-electron chi connectivity index (χ2n) is 8.46. The quantitative estimate of drug-likeness (QED) is 0.674. The van der Waals surface area contributed by atoms with Gasteiger partial charge in [0, 0.05) is 26.2 Å². The molecule has 0 spiro atoms. The number of amides is 2. The third-order valence-corrected chi connectivity index (χ3v) is 8.41. The number of sulfonamides is 1. The topological polar surface area (TPSA) is 86.8 Å². The molecule has 2 amide bonds. The molecule has 7 nitrogen and oxygen atoms in total. The number of carbonyl (C=O) groups excluding carboxylic acids is 2. The van der Waals surface area contributed by atoms with Crippen molar-refractivity contribution in [1.82, 2.24) is 9.21 Å². The van der Waals surface area contributed by atoms with E-state index >= 15 is 0 Å². The lowest BCUT2D eigenvalue weighted by Gasteiger charge is -2.22. The first-order chi connectivity index (χ1) is 15.9. The number of rotatable bonds is 5. The van der Waals surface area contributed by atoms with Crippen LogP contribution in [0.15, 0.2) is 47.4 Å². The first kappa shape index (κ1) is 23.7. The van der Waals surface area contributed by atoms with E-state index in [1.807, 2.05) is 4.90 Å². The van der Waals surface area contributed by atoms with Crippen molar-refractivity contribution in [3.05, 3.63) is 58.6 Å². The molecule has 0 bridgehead atoms. The molecule has 9 heteroatoms. The van der Waals surface area contributed by atoms with Gasteiger partial charge in [-0.05, 0) is 56.0 Å². The molecule has 2 heterocycles. The van der Waals surface area contributed by atoms with E-state index in [0.717, 1.165) is 38.5 Å². The Labute approximate surface area is 199 Å². The maximum atomic E-state index is 13.2. The van der Waals surface area contributed by atoms with Crippen molar-refractivity contribution >= 4 is 39.1 Å². The fourth-order valence-corrected chi connectivity index (χ4v) is 6.08. The van der Waals surface area contributed by atoms with E-state index in [2.05, 4.69) is 5.32 Å². The zero-order valence-electron chi connectivity index (χ0n) is 18.4. The predicted molar refractivity (Wildman–Crippen MR) is 128 cm³/mol. The molecular formula is C24H28ClN3O4S. The maximum absolute atomic E-state index is 13.2. The highest BCUT2D eigenvalue weighted by Gasteiger charge is 2.28. The van der Waals surface area contributed by atoms with E-state index in [1.54, 1.807) is 24.3 Å². The minimum atomic E-state index is -3.69. The number of likely N-dealkylation sites (tertiary alicyclic amines) is 1. The fourth-order valence-electron chi connectivity index (χ4n) is 4.33. The van der Waals surface area contributed by atoms with Gasteiger partial charge in [-0.2, -0.15) is 4.31 Å². The summed E-state index contributed by atoms with van der Waals surface area (Å²) in [7, 11) is -3.69. The molecule has 0 atom stereocenters. The number of carbonyl (C=O) groups is 2. The monoisotopic (exact) mass is 489 g/mol. The largest absolute Gasteiger partial charge is 0.339 e. The molecule has 2 aliphatic heterocycles. The highest BCUT2D eigenvalue weighted by Crippen LogP contribution is 2.27. The molecular weight excluding hydrogens is 462 g/mol. The van der Waals surface area contributed by atoms with Crippen LogP contribution in [0, 0.1) is 0 Å². The van der Waals surface area contributed by atoms with Crippen molar-refractivity contribution in [2.24, 2.45) is 0 Å². The van der Waals surface area contributed by atoms with Crippen LogP contribution in [-0.4, -0.2) is 55.6 Å². The summed E-state index contributed by atoms with van der Waals surface area (Å²) in [6.45, 7) is 2.34. The van der Waals surface area contributed by atoms with Crippen LogP contribution in [0.3, 0.4) is 0 Å². The van der Waals surface area contributed by atoms with E-state index in [0.29, 0.717) is 37.4 Å². The zero-order chi connectivity index (χ0) is 23.4. The van der Waals surface area contributed by atoms with Gasteiger partial charge in [0.05, 0.1) is 26.7 Å². The summed E-state index contributed by atoms with van der Waals surface area (Å²) in [5.41, 5.74) is 0.833. The number of hydrogen-bond donors (Lipinski definition) is 1. The van der Waals surface area contributed by atoms with Gasteiger partial charge < -0.3 is 10.2 Å². The third-order valence-electron chi connectivity index (χ3n) is 6.18. The van der Waals surface area contributed by atoms with Gasteiger partial charge in [0.1, 0.15) is 0 Å². The molecule has 4 rings (SSSR count). The lowest BCUT2D eigenvalue weighted by molar-refractivity contribution is 0.0762. The van der Waals surface area contributed by atoms with E-state index in [-0.39, 0.29) is 21.4 Å². The standard InChI is InChI=1S/C24H28ClN3O4S/c25-21-12-11-18(33(31,32)28-15-7-8-16-28)17-20(21)23(29)26-22-10-4-3-9-19(22)24(30)27-13-5-1-2-6-14-27/h3-4,9-12,17H,1-2,5-8,13-16H2,(H,26,29). The predicted octanol–water partition coefficient (Wildman–Crippen LogP) is 4.39. The molecule has 2 saturated heterocycles. The molecule has 2 aromatic carbocycles. The van der Waals surface area contributed by atoms with Gasteiger partial charge in [0.25, 0.3) is 11.8 Å². The summed E-state index contributed by atoms with van der Waals surface area (Å²) in [4.78, 5) is 28.1. The van der Waals surface area contributed by atoms with Crippen LogP contribution in [0.1, 0.15) is 59.2 Å². The van der Waals surface area contributed by atoms with Gasteiger partial charge in [0.2, 0.25) is 10.0 Å². The van der Waals surface area contributed by atoms with Gasteiger partial charge >= 0.3 is 0 Å². The molecule has 2 fully saturated rings. The number of halogens is 1. The average molecular weight is 490 g/mol. The summed E-state index contributed by atoms with van der Waals surface area (Å²) in [6.07, 6.45) is 5.79. The molecule has 2 aliphatic rings. The van der Waals surface area contributed by atoms with Crippen molar-refractivity contribution in [1.29, 1.82) is 0 Å². The van der Waals surface area contributed by atoms with Gasteiger partial charge in [-0.3, -0.25) is 9.59 Å². The normalized spacial score (nSPS) is 17.5. The van der Waals surface area contributed by atoms with Crippen molar-refractivity contribution < 1.29 is 18.0 Å². The Bertz CT molecular complexity index is 1140. The van der Waals surface area contributed by atoms with Gasteiger partial charge in [-0.25, -0.2) is 8.42 Å². The van der Waals surface area contributed by atoms with Crippen molar-refractivity contribution in [2.45, 2.75) is 43.4 Å². The van der Waals surface area contributed by atoms with Crippen LogP contribution in [-0.2, 0) is 10.0 Å². The van der Waals surface area contributed by atoms with Crippen molar-refractivity contribution in [3.8, 4) is 0 Å². The highest BCUT2D eigenvalue weighted by molar-refractivity contribution is 7.89. The lowest BCUT2D eigenvalue weighted by atomic mass is 10.1. The van der Waals surface area contributed by atoms with Crippen LogP contribution in [0.4, 0.5) is 5.69 Å². The minimum Gasteiger partial charge on any atom is -0.339 e. The Morgan fingerprint density at radius 3 is 2.15 bits per heavy atom. The summed E-state index contributed by atoms with van der Waals surface area (Å²) in [5, 5.41) is 2.91. The van der Waals surface area contributed by atoms with Crippen LogP contribution in [0.25, 0.3) is 0 Å². The summed E-state index contributed by atoms with van der Waals surface area (Å²) in [5.74, 6) is -0.682. The lowest BCUT2D eigenvalue weighted by Crippen LogP contribution is -2.32. The van der Waals surface area contributed by atoms with Gasteiger partial charge in [-0.15, -0.1) is 0 Å². The van der Waals surface area contributed by atoms with E-state index in [4.69, 9.17) is 11.6 Å². The summed E-state index contributed by atoms with van der Waals surface area (Å²) < 4.78 is 27.3. The molecule has 33 heavy (non-hydrogen) atoms. The van der Waals surface area contributed by atoms with Crippen LogP contribution < -0.4 is 5.32 Å². The summed E-state index contributed by atoms with van der Waals surface area (Å²) >= 11 is 6.26. The molecule has 1 N–H and O–H groups in total. The Kier molecular flexibility index (Phi) is 7.36. The Morgan fingerprint density at radius 1 is 0.818 bits per heavy atom. The first-order valence-corrected chi connectivity index (χ1v) is 13.2. The first-order valence-electron chi connectivity index (χ1n) is 11.4. The number of para-hydroxylation sites is 1. The van der Waals surface area contributed by atoms with Crippen molar-refractivity contribution in [2.75, 3.05) is 31.5 Å². The minimum absolute atomic E-state index is 0.0351. The van der Waals surface area contributed by atoms with E-state index < -0.39 is 15.9 Å². The van der Waals surface area contributed by atoms with Crippen LogP contribution in [0.5, 0.6) is 0 Å².